The molecule has 1 aromatic heterocycles. The molecule has 0 saturated carbocycles. The van der Waals surface area contributed by atoms with E-state index in [1.54, 1.807) is 0 Å². The number of nitrogens with one attached hydrogen (secondary N) is 1. The van der Waals surface area contributed by atoms with E-state index in [2.05, 4.69) is 53.1 Å². The van der Waals surface area contributed by atoms with Crippen molar-refractivity contribution in [2.75, 3.05) is 6.54 Å². The molecule has 0 radical (unpaired) electrons. The van der Waals surface area contributed by atoms with Gasteiger partial charge in [-0.1, -0.05) is 0 Å². The van der Waals surface area contributed by atoms with Gasteiger partial charge in [0.2, 0.25) is 0 Å². The van der Waals surface area contributed by atoms with E-state index in [-0.39, 0.29) is 5.54 Å². The first kappa shape index (κ1) is 13.7. The SMILES string of the molecule is CC(C)(C)NCCCCc1cncc(Br)c1. The van der Waals surface area contributed by atoms with Crippen molar-refractivity contribution in [3.05, 3.63) is 28.5 Å². The van der Waals surface area contributed by atoms with Gasteiger partial charge in [0, 0.05) is 22.4 Å². The van der Waals surface area contributed by atoms with Gasteiger partial charge in [-0.2, -0.15) is 0 Å². The van der Waals surface area contributed by atoms with E-state index in [1.165, 1.54) is 18.4 Å². The molecular formula is C13H21BrN2. The fourth-order valence-electron chi connectivity index (χ4n) is 1.51. The summed E-state index contributed by atoms with van der Waals surface area (Å²) in [5.74, 6) is 0. The molecule has 0 unspecified atom stereocenters. The van der Waals surface area contributed by atoms with Gasteiger partial charge in [0.25, 0.3) is 0 Å². The summed E-state index contributed by atoms with van der Waals surface area (Å²) in [6.07, 6.45) is 7.30. The van der Waals surface area contributed by atoms with Crippen LogP contribution >= 0.6 is 15.9 Å². The van der Waals surface area contributed by atoms with Crippen LogP contribution in [0.15, 0.2) is 22.9 Å². The highest BCUT2D eigenvalue weighted by molar-refractivity contribution is 9.10. The first-order valence-corrected chi connectivity index (χ1v) is 6.61. The van der Waals surface area contributed by atoms with Gasteiger partial charge in [-0.05, 0) is 74.1 Å². The van der Waals surface area contributed by atoms with Gasteiger partial charge in [0.15, 0.2) is 0 Å². The van der Waals surface area contributed by atoms with E-state index in [0.29, 0.717) is 0 Å². The van der Waals surface area contributed by atoms with E-state index < -0.39 is 0 Å². The van der Waals surface area contributed by atoms with E-state index in [1.807, 2.05) is 12.4 Å². The van der Waals surface area contributed by atoms with Gasteiger partial charge in [0.1, 0.15) is 0 Å². The average molecular weight is 285 g/mol. The Kier molecular flexibility index (Phi) is 5.42. The minimum atomic E-state index is 0.233. The van der Waals surface area contributed by atoms with Gasteiger partial charge in [-0.15, -0.1) is 0 Å². The first-order chi connectivity index (χ1) is 7.47. The van der Waals surface area contributed by atoms with Crippen LogP contribution in [-0.4, -0.2) is 17.1 Å². The maximum atomic E-state index is 4.16. The first-order valence-electron chi connectivity index (χ1n) is 5.82. The topological polar surface area (TPSA) is 24.9 Å². The standard InChI is InChI=1S/C13H21BrN2/c1-13(2,3)16-7-5-4-6-11-8-12(14)10-15-9-11/h8-10,16H,4-7H2,1-3H3. The number of aromatic nitrogens is 1. The van der Waals surface area contributed by atoms with Crippen LogP contribution in [0.5, 0.6) is 0 Å². The molecule has 0 saturated heterocycles. The highest BCUT2D eigenvalue weighted by Gasteiger charge is 2.06. The largest absolute Gasteiger partial charge is 0.312 e. The molecule has 0 amide bonds. The Morgan fingerprint density at radius 3 is 2.62 bits per heavy atom. The van der Waals surface area contributed by atoms with Crippen molar-refractivity contribution >= 4 is 15.9 Å². The maximum Gasteiger partial charge on any atom is 0.0410 e. The van der Waals surface area contributed by atoms with Crippen LogP contribution in [0.2, 0.25) is 0 Å². The third-order valence-electron chi connectivity index (χ3n) is 2.31. The predicted octanol–water partition coefficient (Wildman–Crippen LogP) is 3.55. The molecule has 1 rings (SSSR count). The van der Waals surface area contributed by atoms with Crippen molar-refractivity contribution in [3.63, 3.8) is 0 Å². The van der Waals surface area contributed by atoms with Crippen molar-refractivity contribution in [3.8, 4) is 0 Å². The second kappa shape index (κ2) is 6.36. The average Bonchev–Trinajstić information content (AvgIpc) is 2.15. The molecule has 0 spiro atoms. The molecule has 1 N–H and O–H groups in total. The Hall–Kier alpha value is -0.410. The summed E-state index contributed by atoms with van der Waals surface area (Å²) in [4.78, 5) is 4.16. The lowest BCUT2D eigenvalue weighted by Gasteiger charge is -2.20. The molecule has 0 fully saturated rings. The van der Waals surface area contributed by atoms with Crippen LogP contribution in [0.25, 0.3) is 0 Å². The second-order valence-corrected chi connectivity index (χ2v) is 6.06. The lowest BCUT2D eigenvalue weighted by atomic mass is 10.1. The van der Waals surface area contributed by atoms with Gasteiger partial charge in [-0.25, -0.2) is 0 Å². The van der Waals surface area contributed by atoms with Crippen LogP contribution in [0.1, 0.15) is 39.2 Å². The predicted molar refractivity (Wildman–Crippen MR) is 72.6 cm³/mol. The monoisotopic (exact) mass is 284 g/mol. The Labute approximate surface area is 107 Å². The van der Waals surface area contributed by atoms with Crippen LogP contribution in [0.3, 0.4) is 0 Å². The van der Waals surface area contributed by atoms with Crippen molar-refractivity contribution < 1.29 is 0 Å². The van der Waals surface area contributed by atoms with Crippen molar-refractivity contribution in [2.45, 2.75) is 45.6 Å². The van der Waals surface area contributed by atoms with Crippen molar-refractivity contribution in [1.29, 1.82) is 0 Å². The molecule has 0 atom stereocenters. The number of hydrogen-bond acceptors (Lipinski definition) is 2. The van der Waals surface area contributed by atoms with Gasteiger partial charge < -0.3 is 5.32 Å². The third-order valence-corrected chi connectivity index (χ3v) is 2.74. The quantitative estimate of drug-likeness (QED) is 0.837. The zero-order valence-electron chi connectivity index (χ0n) is 10.4. The fraction of sp³-hybridized carbons (Fsp3) is 0.615. The molecule has 0 aliphatic carbocycles. The molecule has 0 bridgehead atoms. The van der Waals surface area contributed by atoms with Gasteiger partial charge in [-0.3, -0.25) is 4.98 Å². The highest BCUT2D eigenvalue weighted by Crippen LogP contribution is 2.11. The number of pyridine rings is 1. The van der Waals surface area contributed by atoms with Crippen LogP contribution < -0.4 is 5.32 Å². The minimum Gasteiger partial charge on any atom is -0.312 e. The molecular weight excluding hydrogens is 264 g/mol. The Morgan fingerprint density at radius 1 is 1.25 bits per heavy atom. The lowest BCUT2D eigenvalue weighted by molar-refractivity contribution is 0.419. The molecule has 2 nitrogen and oxygen atoms in total. The number of halogens is 1. The molecule has 1 aromatic rings. The molecule has 3 heteroatoms. The molecule has 0 aromatic carbocycles. The van der Waals surface area contributed by atoms with Crippen LogP contribution in [-0.2, 0) is 6.42 Å². The fourth-order valence-corrected chi connectivity index (χ4v) is 1.92. The van der Waals surface area contributed by atoms with Crippen molar-refractivity contribution in [2.24, 2.45) is 0 Å². The lowest BCUT2D eigenvalue weighted by Crippen LogP contribution is -2.36. The smallest absolute Gasteiger partial charge is 0.0410 e. The van der Waals surface area contributed by atoms with E-state index in [0.717, 1.165) is 17.4 Å². The zero-order valence-corrected chi connectivity index (χ0v) is 12.0. The van der Waals surface area contributed by atoms with Crippen LogP contribution in [0.4, 0.5) is 0 Å². The number of unbranched alkanes of at least 4 members (excludes halogenated alkanes) is 1. The van der Waals surface area contributed by atoms with Crippen molar-refractivity contribution in [1.82, 2.24) is 10.3 Å². The summed E-state index contributed by atoms with van der Waals surface area (Å²) >= 11 is 3.44. The Morgan fingerprint density at radius 2 is 2.00 bits per heavy atom. The minimum absolute atomic E-state index is 0.233. The summed E-state index contributed by atoms with van der Waals surface area (Å²) in [6, 6.07) is 2.14. The number of rotatable bonds is 5. The molecule has 90 valence electrons. The molecule has 0 aliphatic rings. The van der Waals surface area contributed by atoms with Gasteiger partial charge >= 0.3 is 0 Å². The molecule has 0 aliphatic heterocycles. The normalized spacial score (nSPS) is 11.8. The van der Waals surface area contributed by atoms with Crippen LogP contribution in [0, 0.1) is 0 Å². The van der Waals surface area contributed by atoms with Gasteiger partial charge in [0.05, 0.1) is 0 Å². The summed E-state index contributed by atoms with van der Waals surface area (Å²) in [6.45, 7) is 7.69. The number of aryl methyl sites for hydroxylation is 1. The second-order valence-electron chi connectivity index (χ2n) is 5.15. The Balaban J connectivity index is 2.17. The van der Waals surface area contributed by atoms with E-state index in [9.17, 15) is 0 Å². The van der Waals surface area contributed by atoms with E-state index >= 15 is 0 Å². The summed E-state index contributed by atoms with van der Waals surface area (Å²) in [5, 5.41) is 3.49. The third kappa shape index (κ3) is 6.23. The Bertz CT molecular complexity index is 318. The summed E-state index contributed by atoms with van der Waals surface area (Å²) in [5.41, 5.74) is 1.54. The van der Waals surface area contributed by atoms with E-state index in [4.69, 9.17) is 0 Å². The zero-order chi connectivity index (χ0) is 12.0. The maximum absolute atomic E-state index is 4.16. The summed E-state index contributed by atoms with van der Waals surface area (Å²) in [7, 11) is 0. The summed E-state index contributed by atoms with van der Waals surface area (Å²) < 4.78 is 1.07. The number of nitrogens with zero attached hydrogens (tertiary/aromatic N) is 1. The molecule has 1 heterocycles. The number of hydrogen-bond donors (Lipinski definition) is 1. The molecule has 16 heavy (non-hydrogen) atoms. The highest BCUT2D eigenvalue weighted by atomic mass is 79.9.